The molecule has 1 rings (SSSR count). The van der Waals surface area contributed by atoms with E-state index in [4.69, 9.17) is 16.7 Å². The van der Waals surface area contributed by atoms with Gasteiger partial charge in [0, 0.05) is 23.7 Å². The van der Waals surface area contributed by atoms with E-state index in [2.05, 4.69) is 10.3 Å². The summed E-state index contributed by atoms with van der Waals surface area (Å²) < 4.78 is 0. The molecule has 5 nitrogen and oxygen atoms in total. The Kier molecular flexibility index (Phi) is 4.90. The van der Waals surface area contributed by atoms with Gasteiger partial charge in [0.15, 0.2) is 0 Å². The number of nitrogens with zero attached hydrogens (tertiary/aromatic N) is 1. The van der Waals surface area contributed by atoms with Gasteiger partial charge in [-0.25, -0.2) is 0 Å². The second kappa shape index (κ2) is 6.20. The number of halogens is 1. The van der Waals surface area contributed by atoms with Crippen molar-refractivity contribution in [2.24, 2.45) is 0 Å². The molecule has 0 saturated carbocycles. The van der Waals surface area contributed by atoms with E-state index in [-0.39, 0.29) is 24.1 Å². The molecule has 0 bridgehead atoms. The van der Waals surface area contributed by atoms with Gasteiger partial charge in [-0.1, -0.05) is 11.6 Å². The molecule has 1 heterocycles. The van der Waals surface area contributed by atoms with Crippen molar-refractivity contribution < 1.29 is 14.7 Å². The highest BCUT2D eigenvalue weighted by atomic mass is 35.5. The van der Waals surface area contributed by atoms with Crippen LogP contribution in [0.5, 0.6) is 0 Å². The van der Waals surface area contributed by atoms with Gasteiger partial charge in [-0.15, -0.1) is 0 Å². The number of rotatable bonds is 5. The minimum absolute atomic E-state index is 0.0183. The smallest absolute Gasteiger partial charge is 0.303 e. The summed E-state index contributed by atoms with van der Waals surface area (Å²) in [5.74, 6) is -1.24. The van der Waals surface area contributed by atoms with Crippen LogP contribution in [0.2, 0.25) is 5.02 Å². The number of pyridine rings is 1. The SMILES string of the molecule is CC(CCC(=O)O)NC(=O)c1cc(Cl)ccn1. The van der Waals surface area contributed by atoms with Gasteiger partial charge < -0.3 is 10.4 Å². The van der Waals surface area contributed by atoms with Gasteiger partial charge in [0.1, 0.15) is 5.69 Å². The number of amides is 1. The molecule has 0 aliphatic carbocycles. The van der Waals surface area contributed by atoms with E-state index in [9.17, 15) is 9.59 Å². The Morgan fingerprint density at radius 2 is 2.29 bits per heavy atom. The van der Waals surface area contributed by atoms with Crippen LogP contribution in [-0.4, -0.2) is 28.0 Å². The Balaban J connectivity index is 2.51. The van der Waals surface area contributed by atoms with Gasteiger partial charge >= 0.3 is 5.97 Å². The molecule has 0 spiro atoms. The van der Waals surface area contributed by atoms with E-state index in [0.29, 0.717) is 11.4 Å². The highest BCUT2D eigenvalue weighted by Crippen LogP contribution is 2.08. The second-order valence-electron chi connectivity index (χ2n) is 3.67. The number of carbonyl (C=O) groups excluding carboxylic acids is 1. The number of aromatic nitrogens is 1. The van der Waals surface area contributed by atoms with E-state index in [1.165, 1.54) is 12.3 Å². The minimum atomic E-state index is -0.882. The molecule has 0 fully saturated rings. The van der Waals surface area contributed by atoms with Crippen molar-refractivity contribution in [2.45, 2.75) is 25.8 Å². The van der Waals surface area contributed by atoms with Crippen molar-refractivity contribution in [1.82, 2.24) is 10.3 Å². The van der Waals surface area contributed by atoms with Crippen molar-refractivity contribution in [1.29, 1.82) is 0 Å². The van der Waals surface area contributed by atoms with E-state index >= 15 is 0 Å². The average molecular weight is 257 g/mol. The molecule has 1 atom stereocenters. The maximum absolute atomic E-state index is 11.7. The summed E-state index contributed by atoms with van der Waals surface area (Å²) in [6.07, 6.45) is 1.84. The summed E-state index contributed by atoms with van der Waals surface area (Å²) >= 11 is 5.73. The van der Waals surface area contributed by atoms with Gasteiger partial charge in [-0.05, 0) is 25.5 Å². The maximum atomic E-state index is 11.7. The summed E-state index contributed by atoms with van der Waals surface area (Å²) in [6, 6.07) is 2.81. The lowest BCUT2D eigenvalue weighted by atomic mass is 10.2. The average Bonchev–Trinajstić information content (AvgIpc) is 2.26. The van der Waals surface area contributed by atoms with Gasteiger partial charge in [-0.2, -0.15) is 0 Å². The van der Waals surface area contributed by atoms with E-state index < -0.39 is 5.97 Å². The summed E-state index contributed by atoms with van der Waals surface area (Å²) in [5, 5.41) is 11.6. The Morgan fingerprint density at radius 1 is 1.59 bits per heavy atom. The fourth-order valence-corrected chi connectivity index (χ4v) is 1.40. The molecule has 1 aromatic rings. The molecule has 1 amide bonds. The zero-order valence-corrected chi connectivity index (χ0v) is 10.1. The monoisotopic (exact) mass is 256 g/mol. The van der Waals surface area contributed by atoms with Crippen molar-refractivity contribution in [3.05, 3.63) is 29.0 Å². The number of carbonyl (C=O) groups is 2. The first-order chi connectivity index (χ1) is 7.99. The minimum Gasteiger partial charge on any atom is -0.481 e. The predicted octanol–water partition coefficient (Wildman–Crippen LogP) is 1.72. The van der Waals surface area contributed by atoms with Crippen LogP contribution in [0.1, 0.15) is 30.3 Å². The lowest BCUT2D eigenvalue weighted by Crippen LogP contribution is -2.33. The van der Waals surface area contributed by atoms with Crippen molar-refractivity contribution in [2.75, 3.05) is 0 Å². The third-order valence-corrected chi connectivity index (χ3v) is 2.36. The summed E-state index contributed by atoms with van der Waals surface area (Å²) in [6.45, 7) is 1.74. The summed E-state index contributed by atoms with van der Waals surface area (Å²) in [7, 11) is 0. The maximum Gasteiger partial charge on any atom is 0.303 e. The lowest BCUT2D eigenvalue weighted by molar-refractivity contribution is -0.137. The third-order valence-electron chi connectivity index (χ3n) is 2.12. The zero-order chi connectivity index (χ0) is 12.8. The molecular weight excluding hydrogens is 244 g/mol. The molecule has 1 unspecified atom stereocenters. The highest BCUT2D eigenvalue weighted by molar-refractivity contribution is 6.30. The first-order valence-corrected chi connectivity index (χ1v) is 5.51. The number of hydrogen-bond acceptors (Lipinski definition) is 3. The fourth-order valence-electron chi connectivity index (χ4n) is 1.24. The molecule has 0 radical (unpaired) electrons. The number of carboxylic acids is 1. The van der Waals surface area contributed by atoms with Crippen LogP contribution in [0.25, 0.3) is 0 Å². The Morgan fingerprint density at radius 3 is 2.88 bits per heavy atom. The molecule has 17 heavy (non-hydrogen) atoms. The van der Waals surface area contributed by atoms with Crippen LogP contribution >= 0.6 is 11.6 Å². The van der Waals surface area contributed by atoms with Crippen LogP contribution in [0, 0.1) is 0 Å². The van der Waals surface area contributed by atoms with Crippen LogP contribution in [0.4, 0.5) is 0 Å². The van der Waals surface area contributed by atoms with Crippen LogP contribution < -0.4 is 5.32 Å². The quantitative estimate of drug-likeness (QED) is 0.841. The van der Waals surface area contributed by atoms with Gasteiger partial charge in [0.05, 0.1) is 0 Å². The van der Waals surface area contributed by atoms with E-state index in [1.54, 1.807) is 13.0 Å². The molecule has 0 aromatic carbocycles. The number of carboxylic acid groups (broad SMARTS) is 1. The first kappa shape index (κ1) is 13.4. The van der Waals surface area contributed by atoms with Gasteiger partial charge in [0.25, 0.3) is 5.91 Å². The number of hydrogen-bond donors (Lipinski definition) is 2. The van der Waals surface area contributed by atoms with E-state index in [1.807, 2.05) is 0 Å². The van der Waals surface area contributed by atoms with Crippen LogP contribution in [-0.2, 0) is 4.79 Å². The van der Waals surface area contributed by atoms with E-state index in [0.717, 1.165) is 0 Å². The third kappa shape index (κ3) is 4.82. The Hall–Kier alpha value is -1.62. The van der Waals surface area contributed by atoms with Gasteiger partial charge in [0.2, 0.25) is 0 Å². The van der Waals surface area contributed by atoms with Crippen LogP contribution in [0.15, 0.2) is 18.3 Å². The fraction of sp³-hybridized carbons (Fsp3) is 0.364. The molecule has 0 aliphatic rings. The first-order valence-electron chi connectivity index (χ1n) is 5.13. The molecule has 6 heteroatoms. The van der Waals surface area contributed by atoms with Crippen molar-refractivity contribution in [3.63, 3.8) is 0 Å². The largest absolute Gasteiger partial charge is 0.481 e. The van der Waals surface area contributed by atoms with Gasteiger partial charge in [-0.3, -0.25) is 14.6 Å². The Labute approximate surface area is 104 Å². The standard InChI is InChI=1S/C11H13ClN2O3/c1-7(2-3-10(15)16)14-11(17)9-6-8(12)4-5-13-9/h4-7H,2-3H2,1H3,(H,14,17)(H,15,16). The number of nitrogens with one attached hydrogen (secondary N) is 1. The second-order valence-corrected chi connectivity index (χ2v) is 4.10. The molecule has 0 aliphatic heterocycles. The summed E-state index contributed by atoms with van der Waals surface area (Å²) in [4.78, 5) is 25.9. The molecular formula is C11H13ClN2O3. The number of aliphatic carboxylic acids is 1. The molecule has 1 aromatic heterocycles. The molecule has 2 N–H and O–H groups in total. The topological polar surface area (TPSA) is 79.3 Å². The van der Waals surface area contributed by atoms with Crippen molar-refractivity contribution >= 4 is 23.5 Å². The molecule has 0 saturated heterocycles. The predicted molar refractivity (Wildman–Crippen MR) is 63.0 cm³/mol. The van der Waals surface area contributed by atoms with Crippen molar-refractivity contribution in [3.8, 4) is 0 Å². The zero-order valence-electron chi connectivity index (χ0n) is 9.31. The normalized spacial score (nSPS) is 11.9. The highest BCUT2D eigenvalue weighted by Gasteiger charge is 2.12. The molecule has 92 valence electrons. The Bertz CT molecular complexity index is 423. The lowest BCUT2D eigenvalue weighted by Gasteiger charge is -2.12. The van der Waals surface area contributed by atoms with Crippen LogP contribution in [0.3, 0.4) is 0 Å². The summed E-state index contributed by atoms with van der Waals surface area (Å²) in [5.41, 5.74) is 0.222.